The fourth-order valence-electron chi connectivity index (χ4n) is 1.18. The second-order valence-electron chi connectivity index (χ2n) is 3.37. The Bertz CT molecular complexity index is 393. The summed E-state index contributed by atoms with van der Waals surface area (Å²) >= 11 is 3.20. The molecule has 0 radical (unpaired) electrons. The number of aliphatic hydroxyl groups is 1. The molecule has 0 aromatic heterocycles. The maximum atomic E-state index is 10.7. The second-order valence-corrected chi connectivity index (χ2v) is 4.22. The Morgan fingerprint density at radius 1 is 1.47 bits per heavy atom. The molecule has 0 aliphatic carbocycles. The summed E-state index contributed by atoms with van der Waals surface area (Å²) in [5.41, 5.74) is 0.168. The van der Waals surface area contributed by atoms with Crippen LogP contribution in [0, 0.1) is 0 Å². The van der Waals surface area contributed by atoms with Gasteiger partial charge in [0.2, 0.25) is 0 Å². The van der Waals surface area contributed by atoms with E-state index in [1.54, 1.807) is 0 Å². The van der Waals surface area contributed by atoms with Gasteiger partial charge in [-0.1, -0.05) is 0 Å². The Kier molecular flexibility index (Phi) is 5.40. The largest absolute Gasteiger partial charge is 0.490 e. The van der Waals surface area contributed by atoms with Gasteiger partial charge in [-0.05, 0) is 34.1 Å². The highest BCUT2D eigenvalue weighted by molar-refractivity contribution is 9.10. The van der Waals surface area contributed by atoms with Crippen LogP contribution in [0.2, 0.25) is 0 Å². The number of hydrogen-bond acceptors (Lipinski definition) is 4. The number of aliphatic hydroxyl groups excluding tert-OH is 1. The van der Waals surface area contributed by atoms with E-state index in [0.717, 1.165) is 0 Å². The van der Waals surface area contributed by atoms with Crippen molar-refractivity contribution in [2.45, 2.75) is 6.10 Å². The molecule has 0 saturated heterocycles. The fraction of sp³-hybridized carbons (Fsp3) is 0.364. The van der Waals surface area contributed by atoms with Crippen LogP contribution in [0.5, 0.6) is 5.75 Å². The zero-order valence-electron chi connectivity index (χ0n) is 9.22. The Balaban J connectivity index is 2.63. The van der Waals surface area contributed by atoms with E-state index in [4.69, 9.17) is 14.6 Å². The van der Waals surface area contributed by atoms with E-state index in [1.807, 2.05) is 0 Å². The maximum absolute atomic E-state index is 10.7. The Hall–Kier alpha value is -1.11. The third kappa shape index (κ3) is 4.33. The summed E-state index contributed by atoms with van der Waals surface area (Å²) in [6.45, 7) is 0.268. The molecule has 2 N–H and O–H groups in total. The van der Waals surface area contributed by atoms with Gasteiger partial charge in [-0.15, -0.1) is 0 Å². The van der Waals surface area contributed by atoms with E-state index in [-0.39, 0.29) is 18.8 Å². The third-order valence-electron chi connectivity index (χ3n) is 1.97. The molecular formula is C11H13BrO5. The highest BCUT2D eigenvalue weighted by atomic mass is 79.9. The minimum atomic E-state index is -1.00. The maximum Gasteiger partial charge on any atom is 0.335 e. The van der Waals surface area contributed by atoms with Crippen molar-refractivity contribution >= 4 is 21.9 Å². The first-order valence-corrected chi connectivity index (χ1v) is 5.66. The highest BCUT2D eigenvalue weighted by Gasteiger charge is 2.09. The predicted molar refractivity (Wildman–Crippen MR) is 64.5 cm³/mol. The molecule has 17 heavy (non-hydrogen) atoms. The number of rotatable bonds is 6. The Labute approximate surface area is 107 Å². The first kappa shape index (κ1) is 14.0. The number of ether oxygens (including phenoxy) is 2. The Morgan fingerprint density at radius 3 is 2.71 bits per heavy atom. The normalized spacial score (nSPS) is 12.2. The predicted octanol–water partition coefficient (Wildman–Crippen LogP) is 1.53. The van der Waals surface area contributed by atoms with Crippen molar-refractivity contribution in [3.63, 3.8) is 0 Å². The SMILES string of the molecule is COCC(O)COc1ccc(C(=O)O)cc1Br. The molecule has 1 unspecified atom stereocenters. The molecule has 0 aliphatic rings. The molecule has 0 bridgehead atoms. The summed E-state index contributed by atoms with van der Waals surface area (Å²) in [5.74, 6) is -0.526. The van der Waals surface area contributed by atoms with Crippen molar-refractivity contribution in [3.05, 3.63) is 28.2 Å². The number of halogens is 1. The summed E-state index contributed by atoms with van der Waals surface area (Å²) < 4.78 is 10.6. The van der Waals surface area contributed by atoms with Crippen molar-refractivity contribution in [2.75, 3.05) is 20.3 Å². The van der Waals surface area contributed by atoms with Gasteiger partial charge in [0, 0.05) is 7.11 Å². The smallest absolute Gasteiger partial charge is 0.335 e. The summed E-state index contributed by atoms with van der Waals surface area (Å²) in [6, 6.07) is 4.42. The van der Waals surface area contributed by atoms with Crippen molar-refractivity contribution in [3.8, 4) is 5.75 Å². The lowest BCUT2D eigenvalue weighted by atomic mass is 10.2. The van der Waals surface area contributed by atoms with Crippen LogP contribution in [0.3, 0.4) is 0 Å². The number of aromatic carboxylic acids is 1. The monoisotopic (exact) mass is 304 g/mol. The molecule has 0 saturated carbocycles. The number of methoxy groups -OCH3 is 1. The topological polar surface area (TPSA) is 76.0 Å². The standard InChI is InChI=1S/C11H13BrO5/c1-16-5-8(13)6-17-10-3-2-7(11(14)15)4-9(10)12/h2-4,8,13H,5-6H2,1H3,(H,14,15). The van der Waals surface area contributed by atoms with E-state index >= 15 is 0 Å². The van der Waals surface area contributed by atoms with Gasteiger partial charge in [-0.3, -0.25) is 0 Å². The first-order chi connectivity index (χ1) is 8.04. The fourth-order valence-corrected chi connectivity index (χ4v) is 1.67. The number of carboxylic acids is 1. The molecule has 0 aliphatic heterocycles. The molecule has 1 aromatic carbocycles. The molecular weight excluding hydrogens is 292 g/mol. The lowest BCUT2D eigenvalue weighted by Gasteiger charge is -2.12. The zero-order chi connectivity index (χ0) is 12.8. The number of benzene rings is 1. The second kappa shape index (κ2) is 6.58. The summed E-state index contributed by atoms with van der Waals surface area (Å²) in [4.78, 5) is 10.7. The lowest BCUT2D eigenvalue weighted by molar-refractivity contribution is 0.0323. The van der Waals surface area contributed by atoms with Gasteiger partial charge in [-0.25, -0.2) is 4.79 Å². The molecule has 1 aromatic rings. The minimum absolute atomic E-state index is 0.0822. The van der Waals surface area contributed by atoms with Crippen LogP contribution in [-0.2, 0) is 4.74 Å². The van der Waals surface area contributed by atoms with Gasteiger partial charge >= 0.3 is 5.97 Å². The van der Waals surface area contributed by atoms with E-state index in [9.17, 15) is 9.90 Å². The van der Waals surface area contributed by atoms with Crippen molar-refractivity contribution in [2.24, 2.45) is 0 Å². The van der Waals surface area contributed by atoms with Gasteiger partial charge in [0.05, 0.1) is 16.6 Å². The van der Waals surface area contributed by atoms with Crippen molar-refractivity contribution in [1.82, 2.24) is 0 Å². The number of carboxylic acid groups (broad SMARTS) is 1. The molecule has 1 atom stereocenters. The van der Waals surface area contributed by atoms with Gasteiger partial charge in [0.25, 0.3) is 0 Å². The van der Waals surface area contributed by atoms with E-state index in [0.29, 0.717) is 10.2 Å². The van der Waals surface area contributed by atoms with Crippen molar-refractivity contribution in [1.29, 1.82) is 0 Å². The lowest BCUT2D eigenvalue weighted by Crippen LogP contribution is -2.22. The third-order valence-corrected chi connectivity index (χ3v) is 2.59. The van der Waals surface area contributed by atoms with E-state index < -0.39 is 12.1 Å². The average molecular weight is 305 g/mol. The Morgan fingerprint density at radius 2 is 2.18 bits per heavy atom. The summed E-state index contributed by atoms with van der Waals surface area (Å²) in [6.07, 6.45) is -0.717. The molecule has 5 nitrogen and oxygen atoms in total. The van der Waals surface area contributed by atoms with Crippen LogP contribution < -0.4 is 4.74 Å². The van der Waals surface area contributed by atoms with E-state index in [2.05, 4.69) is 15.9 Å². The van der Waals surface area contributed by atoms with Gasteiger partial charge < -0.3 is 19.7 Å². The minimum Gasteiger partial charge on any atom is -0.490 e. The first-order valence-electron chi connectivity index (χ1n) is 4.87. The summed E-state index contributed by atoms with van der Waals surface area (Å²) in [7, 11) is 1.49. The highest BCUT2D eigenvalue weighted by Crippen LogP contribution is 2.26. The van der Waals surface area contributed by atoms with Crippen LogP contribution in [0.15, 0.2) is 22.7 Å². The van der Waals surface area contributed by atoms with Crippen LogP contribution >= 0.6 is 15.9 Å². The number of hydrogen-bond donors (Lipinski definition) is 2. The molecule has 1 rings (SSSR count). The average Bonchev–Trinajstić information content (AvgIpc) is 2.27. The molecule has 94 valence electrons. The molecule has 0 heterocycles. The molecule has 6 heteroatoms. The van der Waals surface area contributed by atoms with E-state index in [1.165, 1.54) is 25.3 Å². The number of carbonyl (C=O) groups is 1. The van der Waals surface area contributed by atoms with Crippen LogP contribution in [0.4, 0.5) is 0 Å². The van der Waals surface area contributed by atoms with Gasteiger partial charge in [0.1, 0.15) is 18.5 Å². The quantitative estimate of drug-likeness (QED) is 0.833. The van der Waals surface area contributed by atoms with Gasteiger partial charge in [-0.2, -0.15) is 0 Å². The van der Waals surface area contributed by atoms with Crippen LogP contribution in [0.25, 0.3) is 0 Å². The van der Waals surface area contributed by atoms with Crippen LogP contribution in [-0.4, -0.2) is 42.6 Å². The zero-order valence-corrected chi connectivity index (χ0v) is 10.8. The summed E-state index contributed by atoms with van der Waals surface area (Å²) in [5, 5.41) is 18.2. The van der Waals surface area contributed by atoms with Crippen molar-refractivity contribution < 1.29 is 24.5 Å². The van der Waals surface area contributed by atoms with Crippen LogP contribution in [0.1, 0.15) is 10.4 Å². The molecule has 0 spiro atoms. The van der Waals surface area contributed by atoms with Gasteiger partial charge in [0.15, 0.2) is 0 Å². The molecule has 0 fully saturated rings. The molecule has 0 amide bonds.